The van der Waals surface area contributed by atoms with Crippen LogP contribution >= 0.6 is 11.8 Å². The number of anilines is 1. The lowest BCUT2D eigenvalue weighted by atomic mass is 9.48. The highest BCUT2D eigenvalue weighted by atomic mass is 32.2. The summed E-state index contributed by atoms with van der Waals surface area (Å²) in [5.41, 5.74) is 4.26. The number of thioether (sulfide) groups is 1. The maximum Gasteiger partial charge on any atom is 0.188 e. The number of rotatable bonds is 7. The Morgan fingerprint density at radius 1 is 1.11 bits per heavy atom. The minimum Gasteiger partial charge on any atom is -0.359 e. The highest BCUT2D eigenvalue weighted by Crippen LogP contribution is 2.60. The van der Waals surface area contributed by atoms with Crippen LogP contribution in [0.1, 0.15) is 50.5 Å². The zero-order valence-electron chi connectivity index (χ0n) is 15.8. The zero-order chi connectivity index (χ0) is 18.3. The summed E-state index contributed by atoms with van der Waals surface area (Å²) in [6.07, 6.45) is 11.3. The van der Waals surface area contributed by atoms with Gasteiger partial charge >= 0.3 is 0 Å². The molecule has 2 aromatic rings. The molecule has 142 valence electrons. The predicted molar refractivity (Wildman–Crippen MR) is 111 cm³/mol. The van der Waals surface area contributed by atoms with Gasteiger partial charge in [0.05, 0.1) is 0 Å². The Balaban J connectivity index is 1.19. The average molecular weight is 381 g/mol. The molecule has 1 aromatic heterocycles. The number of hydrogen-bond donors (Lipinski definition) is 2. The summed E-state index contributed by atoms with van der Waals surface area (Å²) < 4.78 is 0. The number of nitrogens with zero attached hydrogens (tertiary/aromatic N) is 2. The van der Waals surface area contributed by atoms with Crippen LogP contribution in [-0.4, -0.2) is 20.9 Å². The standard InChI is InChI=1S/C22H28N4S/c1-15(6-7-27-21-23-14-24-26-21)25-20-4-2-19(3-5-20)22-11-16-8-17(12-22)10-18(9-16)13-22/h2-5,14,16-18,25H,1,6-13H2,(H,23,24,26). The van der Waals surface area contributed by atoms with E-state index >= 15 is 0 Å². The summed E-state index contributed by atoms with van der Waals surface area (Å²) in [5.74, 6) is 3.92. The number of hydrogen-bond acceptors (Lipinski definition) is 4. The minimum absolute atomic E-state index is 0.484. The second-order valence-electron chi connectivity index (χ2n) is 8.90. The molecule has 4 saturated carbocycles. The van der Waals surface area contributed by atoms with Crippen LogP contribution in [0.3, 0.4) is 0 Å². The largest absolute Gasteiger partial charge is 0.359 e. The van der Waals surface area contributed by atoms with Gasteiger partial charge in [-0.2, -0.15) is 0 Å². The van der Waals surface area contributed by atoms with Crippen LogP contribution in [0, 0.1) is 17.8 Å². The van der Waals surface area contributed by atoms with E-state index in [9.17, 15) is 0 Å². The monoisotopic (exact) mass is 380 g/mol. The van der Waals surface area contributed by atoms with E-state index in [1.807, 2.05) is 0 Å². The van der Waals surface area contributed by atoms with Gasteiger partial charge in [-0.1, -0.05) is 30.5 Å². The van der Waals surface area contributed by atoms with E-state index in [1.54, 1.807) is 23.7 Å². The zero-order valence-corrected chi connectivity index (χ0v) is 16.6. The first-order chi connectivity index (χ1) is 13.2. The maximum absolute atomic E-state index is 4.18. The molecule has 4 fully saturated rings. The molecule has 27 heavy (non-hydrogen) atoms. The van der Waals surface area contributed by atoms with E-state index in [4.69, 9.17) is 0 Å². The highest BCUT2D eigenvalue weighted by molar-refractivity contribution is 7.99. The number of nitrogens with one attached hydrogen (secondary N) is 2. The molecule has 4 bridgehead atoms. The second-order valence-corrected chi connectivity index (χ2v) is 9.98. The Morgan fingerprint density at radius 3 is 2.37 bits per heavy atom. The number of aromatic nitrogens is 3. The fraction of sp³-hybridized carbons (Fsp3) is 0.545. The Morgan fingerprint density at radius 2 is 1.78 bits per heavy atom. The quantitative estimate of drug-likeness (QED) is 0.633. The molecule has 5 heteroatoms. The van der Waals surface area contributed by atoms with Crippen LogP contribution in [0.4, 0.5) is 5.69 Å². The van der Waals surface area contributed by atoms with Gasteiger partial charge in [0.2, 0.25) is 0 Å². The molecule has 0 radical (unpaired) electrons. The van der Waals surface area contributed by atoms with Crippen molar-refractivity contribution in [3.8, 4) is 0 Å². The Labute approximate surface area is 165 Å². The molecule has 0 unspecified atom stereocenters. The third kappa shape index (κ3) is 3.54. The van der Waals surface area contributed by atoms with Gasteiger partial charge in [-0.05, 0) is 85.8 Å². The van der Waals surface area contributed by atoms with Crippen LogP contribution < -0.4 is 5.32 Å². The third-order valence-corrected chi connectivity index (χ3v) is 7.77. The molecule has 0 aliphatic heterocycles. The molecule has 4 aliphatic rings. The van der Waals surface area contributed by atoms with E-state index in [2.05, 4.69) is 51.3 Å². The van der Waals surface area contributed by atoms with Gasteiger partial charge in [-0.3, -0.25) is 0 Å². The fourth-order valence-electron chi connectivity index (χ4n) is 6.17. The predicted octanol–water partition coefficient (Wildman–Crippen LogP) is 5.38. The first kappa shape index (κ1) is 17.4. The maximum atomic E-state index is 4.18. The van der Waals surface area contributed by atoms with Crippen molar-refractivity contribution >= 4 is 17.4 Å². The van der Waals surface area contributed by atoms with Crippen LogP contribution in [0.25, 0.3) is 0 Å². The van der Waals surface area contributed by atoms with E-state index in [1.165, 1.54) is 38.5 Å². The van der Waals surface area contributed by atoms with Crippen molar-refractivity contribution < 1.29 is 0 Å². The van der Waals surface area contributed by atoms with Crippen molar-refractivity contribution in [1.82, 2.24) is 15.2 Å². The molecule has 0 saturated heterocycles. The third-order valence-electron chi connectivity index (χ3n) is 6.89. The number of H-pyrrole nitrogens is 1. The molecule has 1 aromatic carbocycles. The summed E-state index contributed by atoms with van der Waals surface area (Å²) in [6, 6.07) is 9.27. The lowest BCUT2D eigenvalue weighted by molar-refractivity contribution is -0.00518. The highest BCUT2D eigenvalue weighted by Gasteiger charge is 2.51. The molecule has 4 nitrogen and oxygen atoms in total. The Kier molecular flexibility index (Phi) is 4.50. The van der Waals surface area contributed by atoms with Gasteiger partial charge in [0.15, 0.2) is 5.16 Å². The van der Waals surface area contributed by atoms with Crippen molar-refractivity contribution in [1.29, 1.82) is 0 Å². The smallest absolute Gasteiger partial charge is 0.188 e. The van der Waals surface area contributed by atoms with Gasteiger partial charge in [0.25, 0.3) is 0 Å². The first-order valence-electron chi connectivity index (χ1n) is 10.2. The van der Waals surface area contributed by atoms with Crippen molar-refractivity contribution in [2.75, 3.05) is 11.1 Å². The van der Waals surface area contributed by atoms with E-state index in [0.29, 0.717) is 5.41 Å². The van der Waals surface area contributed by atoms with Gasteiger partial charge < -0.3 is 10.3 Å². The summed E-state index contributed by atoms with van der Waals surface area (Å²) in [5, 5.41) is 12.1. The average Bonchev–Trinajstić information content (AvgIpc) is 3.14. The second kappa shape index (κ2) is 7.01. The molecule has 2 N–H and O–H groups in total. The van der Waals surface area contributed by atoms with Crippen molar-refractivity contribution in [2.24, 2.45) is 17.8 Å². The minimum atomic E-state index is 0.484. The Hall–Kier alpha value is -1.75. The van der Waals surface area contributed by atoms with Crippen LogP contribution in [0.2, 0.25) is 0 Å². The van der Waals surface area contributed by atoms with Gasteiger partial charge in [0, 0.05) is 17.1 Å². The summed E-state index contributed by atoms with van der Waals surface area (Å²) >= 11 is 1.67. The van der Waals surface area contributed by atoms with E-state index < -0.39 is 0 Å². The SMILES string of the molecule is C=C(CCSc1nnc[nH]1)Nc1ccc(C23CC4CC(CC(C4)C2)C3)cc1. The summed E-state index contributed by atoms with van der Waals surface area (Å²) in [4.78, 5) is 3.01. The fourth-order valence-corrected chi connectivity index (χ4v) is 6.96. The molecular formula is C22H28N4S. The van der Waals surface area contributed by atoms with Crippen molar-refractivity contribution in [3.05, 3.63) is 48.4 Å². The normalized spacial score (nSPS) is 31.2. The van der Waals surface area contributed by atoms with Gasteiger partial charge in [-0.25, -0.2) is 0 Å². The summed E-state index contributed by atoms with van der Waals surface area (Å²) in [7, 11) is 0. The van der Waals surface area contributed by atoms with E-state index in [-0.39, 0.29) is 0 Å². The number of benzene rings is 1. The van der Waals surface area contributed by atoms with Gasteiger partial charge in [-0.15, -0.1) is 10.2 Å². The van der Waals surface area contributed by atoms with Crippen molar-refractivity contribution in [3.63, 3.8) is 0 Å². The first-order valence-corrected chi connectivity index (χ1v) is 11.2. The number of aromatic amines is 1. The molecule has 0 amide bonds. The number of allylic oxidation sites excluding steroid dienone is 1. The lowest BCUT2D eigenvalue weighted by Gasteiger charge is -2.57. The van der Waals surface area contributed by atoms with Crippen molar-refractivity contribution in [2.45, 2.75) is 55.5 Å². The van der Waals surface area contributed by atoms with Gasteiger partial charge in [0.1, 0.15) is 6.33 Å². The van der Waals surface area contributed by atoms with Crippen LogP contribution in [0.5, 0.6) is 0 Å². The summed E-state index contributed by atoms with van der Waals surface area (Å²) in [6.45, 7) is 4.18. The molecule has 6 rings (SSSR count). The molecule has 4 aliphatic carbocycles. The van der Waals surface area contributed by atoms with Crippen LogP contribution in [0.15, 0.2) is 48.0 Å². The van der Waals surface area contributed by atoms with E-state index in [0.717, 1.165) is 46.5 Å². The van der Waals surface area contributed by atoms with Crippen LogP contribution in [-0.2, 0) is 5.41 Å². The molecule has 0 atom stereocenters. The topological polar surface area (TPSA) is 53.6 Å². The molecular weight excluding hydrogens is 352 g/mol. The Bertz CT molecular complexity index is 761. The molecule has 1 heterocycles. The molecule has 0 spiro atoms. The lowest BCUT2D eigenvalue weighted by Crippen LogP contribution is -2.48.